The molecule has 1 N–H and O–H groups in total. The smallest absolute Gasteiger partial charge is 0.122 e. The minimum absolute atomic E-state index is 0.769. The SMILES string of the molecule is C=CCNCc1nccn1Cc1ccc(C)cc1. The van der Waals surface area contributed by atoms with E-state index in [2.05, 4.69) is 52.6 Å². The van der Waals surface area contributed by atoms with Gasteiger partial charge in [0.25, 0.3) is 0 Å². The van der Waals surface area contributed by atoms with Gasteiger partial charge in [0.05, 0.1) is 6.54 Å². The van der Waals surface area contributed by atoms with Gasteiger partial charge in [-0.1, -0.05) is 35.9 Å². The number of rotatable bonds is 6. The van der Waals surface area contributed by atoms with Gasteiger partial charge in [0, 0.05) is 25.5 Å². The first-order valence-electron chi connectivity index (χ1n) is 6.17. The summed E-state index contributed by atoms with van der Waals surface area (Å²) in [4.78, 5) is 4.37. The molecular weight excluding hydrogens is 222 g/mol. The fourth-order valence-electron chi connectivity index (χ4n) is 1.83. The molecule has 2 rings (SSSR count). The van der Waals surface area contributed by atoms with Crippen LogP contribution in [-0.2, 0) is 13.1 Å². The van der Waals surface area contributed by atoms with Gasteiger partial charge >= 0.3 is 0 Å². The molecular formula is C15H19N3. The van der Waals surface area contributed by atoms with Crippen molar-refractivity contribution in [2.45, 2.75) is 20.0 Å². The van der Waals surface area contributed by atoms with Crippen molar-refractivity contribution in [3.8, 4) is 0 Å². The lowest BCUT2D eigenvalue weighted by Crippen LogP contribution is -2.17. The van der Waals surface area contributed by atoms with E-state index in [1.807, 2.05) is 18.5 Å². The molecule has 0 aliphatic heterocycles. The summed E-state index contributed by atoms with van der Waals surface area (Å²) in [7, 11) is 0. The number of hydrogen-bond donors (Lipinski definition) is 1. The van der Waals surface area contributed by atoms with Gasteiger partial charge in [0.2, 0.25) is 0 Å². The van der Waals surface area contributed by atoms with E-state index in [-0.39, 0.29) is 0 Å². The molecule has 1 aromatic carbocycles. The molecule has 2 aromatic rings. The molecule has 0 amide bonds. The zero-order valence-electron chi connectivity index (χ0n) is 10.8. The summed E-state index contributed by atoms with van der Waals surface area (Å²) in [6.07, 6.45) is 5.72. The molecule has 1 heterocycles. The van der Waals surface area contributed by atoms with Crippen LogP contribution in [0.3, 0.4) is 0 Å². The molecule has 3 nitrogen and oxygen atoms in total. The van der Waals surface area contributed by atoms with Crippen LogP contribution >= 0.6 is 0 Å². The van der Waals surface area contributed by atoms with E-state index >= 15 is 0 Å². The number of nitrogens with zero attached hydrogens (tertiary/aromatic N) is 2. The average molecular weight is 241 g/mol. The Morgan fingerprint density at radius 3 is 2.83 bits per heavy atom. The first kappa shape index (κ1) is 12.6. The topological polar surface area (TPSA) is 29.9 Å². The fourth-order valence-corrected chi connectivity index (χ4v) is 1.83. The molecule has 0 saturated carbocycles. The lowest BCUT2D eigenvalue weighted by Gasteiger charge is -2.08. The number of benzene rings is 1. The zero-order valence-corrected chi connectivity index (χ0v) is 10.8. The van der Waals surface area contributed by atoms with Gasteiger partial charge in [-0.15, -0.1) is 6.58 Å². The Morgan fingerprint density at radius 2 is 2.11 bits per heavy atom. The molecule has 0 atom stereocenters. The molecule has 0 bridgehead atoms. The van der Waals surface area contributed by atoms with Crippen LogP contribution in [0.4, 0.5) is 0 Å². The lowest BCUT2D eigenvalue weighted by molar-refractivity contribution is 0.653. The van der Waals surface area contributed by atoms with Crippen molar-refractivity contribution in [3.05, 3.63) is 66.3 Å². The lowest BCUT2D eigenvalue weighted by atomic mass is 10.1. The monoisotopic (exact) mass is 241 g/mol. The van der Waals surface area contributed by atoms with Gasteiger partial charge < -0.3 is 9.88 Å². The highest BCUT2D eigenvalue weighted by atomic mass is 15.1. The first-order chi connectivity index (χ1) is 8.79. The summed E-state index contributed by atoms with van der Waals surface area (Å²) in [6.45, 7) is 8.23. The highest BCUT2D eigenvalue weighted by molar-refractivity contribution is 5.21. The second-order valence-electron chi connectivity index (χ2n) is 4.38. The van der Waals surface area contributed by atoms with Crippen molar-refractivity contribution in [2.24, 2.45) is 0 Å². The van der Waals surface area contributed by atoms with Gasteiger partial charge in [0.15, 0.2) is 0 Å². The van der Waals surface area contributed by atoms with Gasteiger partial charge in [0.1, 0.15) is 5.82 Å². The summed E-state index contributed by atoms with van der Waals surface area (Å²) >= 11 is 0. The highest BCUT2D eigenvalue weighted by Crippen LogP contribution is 2.07. The van der Waals surface area contributed by atoms with Crippen molar-refractivity contribution < 1.29 is 0 Å². The van der Waals surface area contributed by atoms with Crippen LogP contribution in [0.5, 0.6) is 0 Å². The minimum Gasteiger partial charge on any atom is -0.329 e. The van der Waals surface area contributed by atoms with Crippen molar-refractivity contribution in [2.75, 3.05) is 6.54 Å². The number of aromatic nitrogens is 2. The second-order valence-corrected chi connectivity index (χ2v) is 4.38. The Hall–Kier alpha value is -1.87. The average Bonchev–Trinajstić information content (AvgIpc) is 2.80. The van der Waals surface area contributed by atoms with Gasteiger partial charge in [-0.3, -0.25) is 0 Å². The summed E-state index contributed by atoms with van der Waals surface area (Å²) in [6, 6.07) is 8.61. The Kier molecular flexibility index (Phi) is 4.31. The fraction of sp³-hybridized carbons (Fsp3) is 0.267. The van der Waals surface area contributed by atoms with Crippen LogP contribution in [-0.4, -0.2) is 16.1 Å². The third kappa shape index (κ3) is 3.31. The quantitative estimate of drug-likeness (QED) is 0.622. The molecule has 0 saturated heterocycles. The summed E-state index contributed by atoms with van der Waals surface area (Å²) < 4.78 is 2.17. The predicted molar refractivity (Wildman–Crippen MR) is 74.4 cm³/mol. The normalized spacial score (nSPS) is 10.5. The molecule has 0 fully saturated rings. The number of hydrogen-bond acceptors (Lipinski definition) is 2. The number of aryl methyl sites for hydroxylation is 1. The van der Waals surface area contributed by atoms with Crippen molar-refractivity contribution >= 4 is 0 Å². The van der Waals surface area contributed by atoms with E-state index in [4.69, 9.17) is 0 Å². The zero-order chi connectivity index (χ0) is 12.8. The Bertz CT molecular complexity index is 497. The Morgan fingerprint density at radius 1 is 1.33 bits per heavy atom. The third-order valence-electron chi connectivity index (χ3n) is 2.85. The first-order valence-corrected chi connectivity index (χ1v) is 6.17. The summed E-state index contributed by atoms with van der Waals surface area (Å²) in [5, 5.41) is 3.27. The molecule has 0 unspecified atom stereocenters. The van der Waals surface area contributed by atoms with Crippen LogP contribution < -0.4 is 5.32 Å². The largest absolute Gasteiger partial charge is 0.329 e. The van der Waals surface area contributed by atoms with Crippen LogP contribution in [0.1, 0.15) is 17.0 Å². The van der Waals surface area contributed by atoms with Crippen LogP contribution in [0.25, 0.3) is 0 Å². The van der Waals surface area contributed by atoms with Gasteiger partial charge in [-0.05, 0) is 12.5 Å². The summed E-state index contributed by atoms with van der Waals surface area (Å²) in [5.41, 5.74) is 2.58. The van der Waals surface area contributed by atoms with Crippen LogP contribution in [0.2, 0.25) is 0 Å². The maximum atomic E-state index is 4.37. The number of imidazole rings is 1. The molecule has 0 radical (unpaired) electrons. The van der Waals surface area contributed by atoms with Gasteiger partial charge in [-0.2, -0.15) is 0 Å². The van der Waals surface area contributed by atoms with E-state index in [0.29, 0.717) is 0 Å². The molecule has 0 aliphatic carbocycles. The standard InChI is InChI=1S/C15H19N3/c1-3-8-16-11-15-17-9-10-18(15)12-14-6-4-13(2)5-7-14/h3-7,9-10,16H,1,8,11-12H2,2H3. The molecule has 1 aromatic heterocycles. The third-order valence-corrected chi connectivity index (χ3v) is 2.85. The molecule has 0 aliphatic rings. The van der Waals surface area contributed by atoms with Gasteiger partial charge in [-0.25, -0.2) is 4.98 Å². The minimum atomic E-state index is 0.769. The van der Waals surface area contributed by atoms with Crippen molar-refractivity contribution in [1.29, 1.82) is 0 Å². The summed E-state index contributed by atoms with van der Waals surface area (Å²) in [5.74, 6) is 1.05. The van der Waals surface area contributed by atoms with E-state index in [9.17, 15) is 0 Å². The second kappa shape index (κ2) is 6.17. The highest BCUT2D eigenvalue weighted by Gasteiger charge is 2.02. The maximum Gasteiger partial charge on any atom is 0.122 e. The Labute approximate surface area is 108 Å². The van der Waals surface area contributed by atoms with E-state index in [1.165, 1.54) is 11.1 Å². The molecule has 3 heteroatoms. The van der Waals surface area contributed by atoms with E-state index in [0.717, 1.165) is 25.5 Å². The van der Waals surface area contributed by atoms with E-state index < -0.39 is 0 Å². The molecule has 0 spiro atoms. The van der Waals surface area contributed by atoms with Crippen LogP contribution in [0, 0.1) is 6.92 Å². The molecule has 94 valence electrons. The van der Waals surface area contributed by atoms with Crippen molar-refractivity contribution in [3.63, 3.8) is 0 Å². The maximum absolute atomic E-state index is 4.37. The van der Waals surface area contributed by atoms with Crippen LogP contribution in [0.15, 0.2) is 49.3 Å². The number of nitrogens with one attached hydrogen (secondary N) is 1. The van der Waals surface area contributed by atoms with E-state index in [1.54, 1.807) is 0 Å². The predicted octanol–water partition coefficient (Wildman–Crippen LogP) is 2.52. The Balaban J connectivity index is 2.02. The molecule has 18 heavy (non-hydrogen) atoms. The van der Waals surface area contributed by atoms with Crippen molar-refractivity contribution in [1.82, 2.24) is 14.9 Å².